The Labute approximate surface area is 127 Å². The van der Waals surface area contributed by atoms with E-state index < -0.39 is 0 Å². The molecule has 4 fully saturated rings. The highest BCUT2D eigenvalue weighted by molar-refractivity contribution is 7.07. The fourth-order valence-corrected chi connectivity index (χ4v) is 7.81. The van der Waals surface area contributed by atoms with Crippen molar-refractivity contribution in [2.24, 2.45) is 22.2 Å². The van der Waals surface area contributed by atoms with Crippen molar-refractivity contribution in [2.45, 2.75) is 58.4 Å². The largest absolute Gasteiger partial charge is 0.313 e. The van der Waals surface area contributed by atoms with Crippen LogP contribution in [0.1, 0.15) is 64.0 Å². The second-order valence-electron chi connectivity index (χ2n) is 8.77. The molecule has 4 bridgehead atoms. The molecule has 2 heteroatoms. The van der Waals surface area contributed by atoms with Gasteiger partial charge in [0, 0.05) is 6.04 Å². The third kappa shape index (κ3) is 1.84. The summed E-state index contributed by atoms with van der Waals surface area (Å²) in [7, 11) is 2.17. The van der Waals surface area contributed by atoms with E-state index in [0.717, 1.165) is 5.92 Å². The second-order valence-corrected chi connectivity index (χ2v) is 9.55. The lowest BCUT2D eigenvalue weighted by molar-refractivity contribution is -0.158. The lowest BCUT2D eigenvalue weighted by Crippen LogP contribution is -2.58. The first kappa shape index (κ1) is 13.3. The molecule has 3 unspecified atom stereocenters. The van der Waals surface area contributed by atoms with Crippen molar-refractivity contribution in [3.05, 3.63) is 22.4 Å². The molecule has 0 saturated heterocycles. The Morgan fingerprint density at radius 3 is 2.35 bits per heavy atom. The smallest absolute Gasteiger partial charge is 0.0383 e. The van der Waals surface area contributed by atoms with E-state index in [2.05, 4.69) is 43.0 Å². The van der Waals surface area contributed by atoms with Crippen LogP contribution in [-0.4, -0.2) is 7.05 Å². The Morgan fingerprint density at radius 2 is 1.85 bits per heavy atom. The van der Waals surface area contributed by atoms with Crippen LogP contribution < -0.4 is 5.32 Å². The molecule has 0 radical (unpaired) electrons. The van der Waals surface area contributed by atoms with Crippen molar-refractivity contribution in [2.75, 3.05) is 7.05 Å². The zero-order valence-electron chi connectivity index (χ0n) is 13.0. The maximum atomic E-state index is 3.70. The standard InChI is InChI=1S/C18H27NS/c1-16-6-13-7-17(2,10-16)12-18(8-13,11-16)15(19-3)14-4-5-20-9-14/h4-5,9,13,15,19H,6-8,10-12H2,1-3H3. The minimum atomic E-state index is 0.513. The van der Waals surface area contributed by atoms with Crippen LogP contribution in [-0.2, 0) is 0 Å². The average Bonchev–Trinajstić information content (AvgIpc) is 2.77. The van der Waals surface area contributed by atoms with Crippen molar-refractivity contribution in [3.8, 4) is 0 Å². The van der Waals surface area contributed by atoms with Crippen molar-refractivity contribution < 1.29 is 0 Å². The Kier molecular flexibility index (Phi) is 2.74. The minimum Gasteiger partial charge on any atom is -0.313 e. The summed E-state index contributed by atoms with van der Waals surface area (Å²) >= 11 is 1.85. The second kappa shape index (κ2) is 4.10. The van der Waals surface area contributed by atoms with Crippen LogP contribution in [0.25, 0.3) is 0 Å². The summed E-state index contributed by atoms with van der Waals surface area (Å²) < 4.78 is 0. The van der Waals surface area contributed by atoms with Gasteiger partial charge in [0.2, 0.25) is 0 Å². The Balaban J connectivity index is 1.76. The van der Waals surface area contributed by atoms with Gasteiger partial charge in [0.25, 0.3) is 0 Å². The molecule has 5 rings (SSSR count). The van der Waals surface area contributed by atoms with E-state index in [1.165, 1.54) is 44.1 Å². The molecule has 1 aromatic heterocycles. The number of nitrogens with one attached hydrogen (secondary N) is 1. The third-order valence-electron chi connectivity index (χ3n) is 6.45. The monoisotopic (exact) mass is 289 g/mol. The van der Waals surface area contributed by atoms with Gasteiger partial charge in [0.05, 0.1) is 0 Å². The predicted molar refractivity (Wildman–Crippen MR) is 86.0 cm³/mol. The number of rotatable bonds is 3. The van der Waals surface area contributed by atoms with Gasteiger partial charge < -0.3 is 5.32 Å². The van der Waals surface area contributed by atoms with Crippen LogP contribution in [0.3, 0.4) is 0 Å². The predicted octanol–water partition coefficient (Wildman–Crippen LogP) is 5.01. The molecule has 1 N–H and O–H groups in total. The Hall–Kier alpha value is -0.340. The maximum absolute atomic E-state index is 3.70. The van der Waals surface area contributed by atoms with Crippen LogP contribution in [0.2, 0.25) is 0 Å². The normalized spacial score (nSPS) is 47.6. The molecular weight excluding hydrogens is 262 g/mol. The van der Waals surface area contributed by atoms with Crippen LogP contribution >= 0.6 is 11.3 Å². The fourth-order valence-electron chi connectivity index (χ4n) is 7.12. The van der Waals surface area contributed by atoms with Crippen molar-refractivity contribution >= 4 is 11.3 Å². The first-order chi connectivity index (χ1) is 9.46. The van der Waals surface area contributed by atoms with Crippen LogP contribution in [0, 0.1) is 22.2 Å². The van der Waals surface area contributed by atoms with Gasteiger partial charge in [-0.15, -0.1) is 0 Å². The Bertz CT molecular complexity index is 487. The van der Waals surface area contributed by atoms with Gasteiger partial charge in [0.1, 0.15) is 0 Å². The number of hydrogen-bond acceptors (Lipinski definition) is 2. The molecule has 1 nitrogen and oxygen atoms in total. The molecule has 0 amide bonds. The molecule has 1 aromatic rings. The highest BCUT2D eigenvalue weighted by Crippen LogP contribution is 2.72. The van der Waals surface area contributed by atoms with Gasteiger partial charge >= 0.3 is 0 Å². The molecule has 4 saturated carbocycles. The van der Waals surface area contributed by atoms with Gasteiger partial charge in [-0.2, -0.15) is 11.3 Å². The number of thiophene rings is 1. The zero-order chi connectivity index (χ0) is 14.0. The molecule has 3 atom stereocenters. The van der Waals surface area contributed by atoms with Crippen molar-refractivity contribution in [1.29, 1.82) is 0 Å². The van der Waals surface area contributed by atoms with Crippen LogP contribution in [0.5, 0.6) is 0 Å². The van der Waals surface area contributed by atoms with E-state index in [1.54, 1.807) is 0 Å². The van der Waals surface area contributed by atoms with E-state index in [1.807, 2.05) is 11.3 Å². The molecule has 0 aliphatic heterocycles. The first-order valence-corrected chi connectivity index (χ1v) is 9.10. The van der Waals surface area contributed by atoms with Crippen molar-refractivity contribution in [3.63, 3.8) is 0 Å². The molecular formula is C18H27NS. The zero-order valence-corrected chi connectivity index (χ0v) is 13.9. The highest BCUT2D eigenvalue weighted by Gasteiger charge is 2.62. The maximum Gasteiger partial charge on any atom is 0.0383 e. The summed E-state index contributed by atoms with van der Waals surface area (Å²) in [6.07, 6.45) is 8.79. The first-order valence-electron chi connectivity index (χ1n) is 8.15. The molecule has 20 heavy (non-hydrogen) atoms. The highest BCUT2D eigenvalue weighted by atomic mass is 32.1. The number of hydrogen-bond donors (Lipinski definition) is 1. The van der Waals surface area contributed by atoms with Crippen LogP contribution in [0.15, 0.2) is 16.8 Å². The summed E-state index contributed by atoms with van der Waals surface area (Å²) in [5.74, 6) is 0.982. The van der Waals surface area contributed by atoms with Gasteiger partial charge in [-0.3, -0.25) is 0 Å². The Morgan fingerprint density at radius 1 is 1.15 bits per heavy atom. The molecule has 0 aromatic carbocycles. The fraction of sp³-hybridized carbons (Fsp3) is 0.778. The van der Waals surface area contributed by atoms with Gasteiger partial charge in [-0.1, -0.05) is 13.8 Å². The molecule has 110 valence electrons. The minimum absolute atomic E-state index is 0.513. The van der Waals surface area contributed by atoms with E-state index >= 15 is 0 Å². The lowest BCUT2D eigenvalue weighted by Gasteiger charge is -2.67. The van der Waals surface area contributed by atoms with Crippen LogP contribution in [0.4, 0.5) is 0 Å². The van der Waals surface area contributed by atoms with Gasteiger partial charge in [-0.05, 0) is 90.1 Å². The summed E-state index contributed by atoms with van der Waals surface area (Å²) in [5, 5.41) is 8.31. The lowest BCUT2D eigenvalue weighted by atomic mass is 9.39. The average molecular weight is 289 g/mol. The van der Waals surface area contributed by atoms with E-state index in [0.29, 0.717) is 22.3 Å². The summed E-state index contributed by atoms with van der Waals surface area (Å²) in [6, 6.07) is 2.91. The molecule has 1 heterocycles. The third-order valence-corrected chi connectivity index (χ3v) is 7.15. The van der Waals surface area contributed by atoms with E-state index in [-0.39, 0.29) is 0 Å². The quantitative estimate of drug-likeness (QED) is 0.825. The van der Waals surface area contributed by atoms with E-state index in [4.69, 9.17) is 0 Å². The van der Waals surface area contributed by atoms with E-state index in [9.17, 15) is 0 Å². The summed E-state index contributed by atoms with van der Waals surface area (Å²) in [5.41, 5.74) is 3.27. The summed E-state index contributed by atoms with van der Waals surface area (Å²) in [4.78, 5) is 0. The molecule has 0 spiro atoms. The van der Waals surface area contributed by atoms with Gasteiger partial charge in [-0.25, -0.2) is 0 Å². The molecule has 4 aliphatic rings. The SMILES string of the molecule is CNC(c1ccsc1)C12CC3CC(C)(CC(C)(C3)C1)C2. The van der Waals surface area contributed by atoms with Crippen molar-refractivity contribution in [1.82, 2.24) is 5.32 Å². The summed E-state index contributed by atoms with van der Waals surface area (Å²) in [6.45, 7) is 5.15. The molecule has 4 aliphatic carbocycles. The van der Waals surface area contributed by atoms with Gasteiger partial charge in [0.15, 0.2) is 0 Å². The topological polar surface area (TPSA) is 12.0 Å².